The summed E-state index contributed by atoms with van der Waals surface area (Å²) in [5.74, 6) is -0.553. The van der Waals surface area contributed by atoms with Crippen molar-refractivity contribution in [1.29, 1.82) is 0 Å². The SMILES string of the molecule is O=S(=O)(NCC(c1ccsc1)N1CCCCC1)c1cccc(F)c1. The number of thiophene rings is 1. The minimum atomic E-state index is -3.72. The topological polar surface area (TPSA) is 49.4 Å². The minimum Gasteiger partial charge on any atom is -0.295 e. The number of hydrogen-bond acceptors (Lipinski definition) is 4. The van der Waals surface area contributed by atoms with Gasteiger partial charge in [0.25, 0.3) is 0 Å². The molecule has 7 heteroatoms. The summed E-state index contributed by atoms with van der Waals surface area (Å²) in [4.78, 5) is 2.30. The molecule has 1 atom stereocenters. The molecule has 1 aliphatic rings. The summed E-state index contributed by atoms with van der Waals surface area (Å²) in [6.07, 6.45) is 3.50. The number of halogens is 1. The number of hydrogen-bond donors (Lipinski definition) is 1. The van der Waals surface area contributed by atoms with Crippen LogP contribution < -0.4 is 4.72 Å². The van der Waals surface area contributed by atoms with E-state index in [1.54, 1.807) is 11.3 Å². The lowest BCUT2D eigenvalue weighted by Gasteiger charge is -2.34. The number of benzene rings is 1. The first-order valence-corrected chi connectivity index (χ1v) is 10.5. The van der Waals surface area contributed by atoms with Gasteiger partial charge in [0, 0.05) is 12.6 Å². The van der Waals surface area contributed by atoms with Gasteiger partial charge < -0.3 is 0 Å². The maximum absolute atomic E-state index is 13.3. The molecule has 1 aromatic heterocycles. The molecule has 1 aromatic carbocycles. The number of nitrogens with zero attached hydrogens (tertiary/aromatic N) is 1. The van der Waals surface area contributed by atoms with Crippen molar-refractivity contribution in [3.8, 4) is 0 Å². The molecule has 130 valence electrons. The van der Waals surface area contributed by atoms with E-state index in [1.807, 2.05) is 11.4 Å². The Bertz CT molecular complexity index is 757. The molecule has 3 rings (SSSR count). The van der Waals surface area contributed by atoms with E-state index in [4.69, 9.17) is 0 Å². The molecule has 1 N–H and O–H groups in total. The third-order valence-corrected chi connectivity index (χ3v) is 6.46. The highest BCUT2D eigenvalue weighted by atomic mass is 32.2. The molecular weight excluding hydrogens is 347 g/mol. The predicted molar refractivity (Wildman–Crippen MR) is 94.1 cm³/mol. The molecule has 2 aromatic rings. The lowest BCUT2D eigenvalue weighted by atomic mass is 10.0. The second-order valence-corrected chi connectivity index (χ2v) is 8.53. The fourth-order valence-electron chi connectivity index (χ4n) is 3.06. The normalized spacial score (nSPS) is 17.7. The van der Waals surface area contributed by atoms with E-state index in [-0.39, 0.29) is 17.5 Å². The summed E-state index contributed by atoms with van der Waals surface area (Å²) in [6, 6.07) is 7.15. The zero-order valence-corrected chi connectivity index (χ0v) is 15.0. The molecule has 1 unspecified atom stereocenters. The molecule has 0 aliphatic carbocycles. The highest BCUT2D eigenvalue weighted by molar-refractivity contribution is 7.89. The maximum Gasteiger partial charge on any atom is 0.240 e. The monoisotopic (exact) mass is 368 g/mol. The largest absolute Gasteiger partial charge is 0.295 e. The Labute approximate surface area is 146 Å². The molecule has 2 heterocycles. The third-order valence-electron chi connectivity index (χ3n) is 4.33. The minimum absolute atomic E-state index is 0.0138. The summed E-state index contributed by atoms with van der Waals surface area (Å²) in [5, 5.41) is 4.07. The van der Waals surface area contributed by atoms with Crippen LogP contribution in [0.5, 0.6) is 0 Å². The molecule has 4 nitrogen and oxygen atoms in total. The van der Waals surface area contributed by atoms with Gasteiger partial charge in [-0.25, -0.2) is 17.5 Å². The fourth-order valence-corrected chi connectivity index (χ4v) is 4.84. The van der Waals surface area contributed by atoms with E-state index >= 15 is 0 Å². The first-order chi connectivity index (χ1) is 11.6. The van der Waals surface area contributed by atoms with Crippen molar-refractivity contribution in [2.45, 2.75) is 30.2 Å². The number of nitrogens with one attached hydrogen (secondary N) is 1. The third kappa shape index (κ3) is 4.22. The predicted octanol–water partition coefficient (Wildman–Crippen LogP) is 3.39. The van der Waals surface area contributed by atoms with Crippen molar-refractivity contribution in [1.82, 2.24) is 9.62 Å². The van der Waals surface area contributed by atoms with Crippen molar-refractivity contribution in [3.05, 3.63) is 52.5 Å². The zero-order chi connectivity index (χ0) is 17.0. The highest BCUT2D eigenvalue weighted by Gasteiger charge is 2.25. The van der Waals surface area contributed by atoms with Crippen LogP contribution in [0.2, 0.25) is 0 Å². The Hall–Kier alpha value is -1.28. The van der Waals surface area contributed by atoms with Crippen LogP contribution >= 0.6 is 11.3 Å². The lowest BCUT2D eigenvalue weighted by Crippen LogP contribution is -2.40. The molecule has 24 heavy (non-hydrogen) atoms. The average Bonchev–Trinajstić information content (AvgIpc) is 3.10. The van der Waals surface area contributed by atoms with Crippen LogP contribution in [-0.2, 0) is 10.0 Å². The lowest BCUT2D eigenvalue weighted by molar-refractivity contribution is 0.165. The van der Waals surface area contributed by atoms with Gasteiger partial charge in [0.2, 0.25) is 10.0 Å². The molecule has 0 saturated carbocycles. The molecule has 0 spiro atoms. The molecule has 0 radical (unpaired) electrons. The van der Waals surface area contributed by atoms with Crippen LogP contribution in [0.15, 0.2) is 46.0 Å². The molecular formula is C17H21FN2O2S2. The first-order valence-electron chi connectivity index (χ1n) is 8.08. The van der Waals surface area contributed by atoms with Gasteiger partial charge in [-0.15, -0.1) is 0 Å². The van der Waals surface area contributed by atoms with Crippen LogP contribution in [0.4, 0.5) is 4.39 Å². The average molecular weight is 368 g/mol. The van der Waals surface area contributed by atoms with Gasteiger partial charge in [0.1, 0.15) is 5.82 Å². The second kappa shape index (κ2) is 7.74. The van der Waals surface area contributed by atoms with Crippen LogP contribution in [0.25, 0.3) is 0 Å². The summed E-state index contributed by atoms with van der Waals surface area (Å²) >= 11 is 1.61. The van der Waals surface area contributed by atoms with Crippen LogP contribution in [-0.4, -0.2) is 33.0 Å². The van der Waals surface area contributed by atoms with Crippen LogP contribution in [0.3, 0.4) is 0 Å². The van der Waals surface area contributed by atoms with Crippen molar-refractivity contribution in [3.63, 3.8) is 0 Å². The van der Waals surface area contributed by atoms with E-state index in [0.29, 0.717) is 0 Å². The second-order valence-electron chi connectivity index (χ2n) is 5.98. The summed E-state index contributed by atoms with van der Waals surface area (Å²) < 4.78 is 40.9. The van der Waals surface area contributed by atoms with Gasteiger partial charge in [-0.3, -0.25) is 4.90 Å². The van der Waals surface area contributed by atoms with E-state index in [1.165, 1.54) is 24.6 Å². The number of likely N-dealkylation sites (tertiary alicyclic amines) is 1. The Morgan fingerprint density at radius 2 is 2.00 bits per heavy atom. The van der Waals surface area contributed by atoms with Crippen LogP contribution in [0.1, 0.15) is 30.9 Å². The van der Waals surface area contributed by atoms with Gasteiger partial charge in [-0.1, -0.05) is 12.5 Å². The van der Waals surface area contributed by atoms with E-state index < -0.39 is 15.8 Å². The summed E-state index contributed by atoms with van der Waals surface area (Å²) in [6.45, 7) is 2.24. The molecule has 1 saturated heterocycles. The summed E-state index contributed by atoms with van der Waals surface area (Å²) in [7, 11) is -3.72. The highest BCUT2D eigenvalue weighted by Crippen LogP contribution is 2.26. The Morgan fingerprint density at radius 1 is 1.21 bits per heavy atom. The smallest absolute Gasteiger partial charge is 0.240 e. The maximum atomic E-state index is 13.3. The van der Waals surface area contributed by atoms with Crippen molar-refractivity contribution in [2.75, 3.05) is 19.6 Å². The van der Waals surface area contributed by atoms with Gasteiger partial charge in [-0.2, -0.15) is 11.3 Å². The van der Waals surface area contributed by atoms with E-state index in [9.17, 15) is 12.8 Å². The molecule has 1 aliphatic heterocycles. The Morgan fingerprint density at radius 3 is 2.67 bits per heavy atom. The van der Waals surface area contributed by atoms with Gasteiger partial charge in [0.05, 0.1) is 4.90 Å². The Balaban J connectivity index is 1.75. The van der Waals surface area contributed by atoms with Gasteiger partial charge >= 0.3 is 0 Å². The van der Waals surface area contributed by atoms with Crippen molar-refractivity contribution < 1.29 is 12.8 Å². The van der Waals surface area contributed by atoms with Crippen molar-refractivity contribution >= 4 is 21.4 Å². The molecule has 0 amide bonds. The van der Waals surface area contributed by atoms with Crippen LogP contribution in [0, 0.1) is 5.82 Å². The van der Waals surface area contributed by atoms with E-state index in [2.05, 4.69) is 15.0 Å². The van der Waals surface area contributed by atoms with Gasteiger partial charge in [-0.05, 0) is 66.5 Å². The first kappa shape index (κ1) is 17.5. The number of rotatable bonds is 6. The molecule has 0 bridgehead atoms. The zero-order valence-electron chi connectivity index (χ0n) is 13.3. The van der Waals surface area contributed by atoms with E-state index in [0.717, 1.165) is 37.6 Å². The van der Waals surface area contributed by atoms with Gasteiger partial charge in [0.15, 0.2) is 0 Å². The Kier molecular flexibility index (Phi) is 5.65. The molecule has 1 fully saturated rings. The summed E-state index contributed by atoms with van der Waals surface area (Å²) in [5.41, 5.74) is 1.13. The standard InChI is InChI=1S/C17H21FN2O2S2/c18-15-5-4-6-16(11-15)24(21,22)19-12-17(14-7-10-23-13-14)20-8-2-1-3-9-20/h4-7,10-11,13,17,19H,1-3,8-9,12H2. The van der Waals surface area contributed by atoms with Crippen molar-refractivity contribution in [2.24, 2.45) is 0 Å². The fraction of sp³-hybridized carbons (Fsp3) is 0.412. The number of sulfonamides is 1. The number of piperidine rings is 1. The quantitative estimate of drug-likeness (QED) is 0.850.